The minimum atomic E-state index is -0.0411. The number of amides is 1. The Labute approximate surface area is 158 Å². The van der Waals surface area contributed by atoms with Gasteiger partial charge in [-0.05, 0) is 43.2 Å². The van der Waals surface area contributed by atoms with E-state index in [2.05, 4.69) is 21.2 Å². The molecule has 1 saturated carbocycles. The average Bonchev–Trinajstić information content (AvgIpc) is 3.58. The van der Waals surface area contributed by atoms with Crippen LogP contribution in [0.3, 0.4) is 0 Å². The Morgan fingerprint density at radius 2 is 1.78 bits per heavy atom. The number of anilines is 1. The van der Waals surface area contributed by atoms with Crippen LogP contribution in [0.2, 0.25) is 0 Å². The first-order valence-corrected chi connectivity index (χ1v) is 9.29. The minimum absolute atomic E-state index is 0.0411. The normalized spacial score (nSPS) is 17.0. The van der Waals surface area contributed by atoms with E-state index in [1.54, 1.807) is 32.4 Å². The van der Waals surface area contributed by atoms with Crippen molar-refractivity contribution in [3.05, 3.63) is 41.6 Å². The maximum Gasteiger partial charge on any atom is 0.257 e. The van der Waals surface area contributed by atoms with Crippen molar-refractivity contribution in [3.8, 4) is 11.5 Å². The number of methoxy groups -OCH3 is 2. The zero-order valence-electron chi connectivity index (χ0n) is 15.7. The van der Waals surface area contributed by atoms with Crippen LogP contribution in [0.25, 0.3) is 0 Å². The monoisotopic (exact) mass is 368 g/mol. The van der Waals surface area contributed by atoms with Gasteiger partial charge in [0.15, 0.2) is 5.82 Å². The molecule has 7 heteroatoms. The zero-order chi connectivity index (χ0) is 18.8. The lowest BCUT2D eigenvalue weighted by Crippen LogP contribution is -2.49. The molecule has 1 amide bonds. The van der Waals surface area contributed by atoms with Gasteiger partial charge in [-0.15, -0.1) is 5.10 Å². The van der Waals surface area contributed by atoms with Crippen molar-refractivity contribution in [2.24, 2.45) is 0 Å². The molecule has 7 nitrogen and oxygen atoms in total. The summed E-state index contributed by atoms with van der Waals surface area (Å²) in [6, 6.07) is 9.41. The minimum Gasteiger partial charge on any atom is -0.497 e. The highest BCUT2D eigenvalue weighted by Crippen LogP contribution is 2.38. The molecule has 1 saturated heterocycles. The van der Waals surface area contributed by atoms with Crippen molar-refractivity contribution in [1.29, 1.82) is 0 Å². The van der Waals surface area contributed by atoms with Crippen LogP contribution in [0, 0.1) is 0 Å². The molecule has 4 rings (SSSR count). The van der Waals surface area contributed by atoms with Crippen molar-refractivity contribution in [2.75, 3.05) is 45.3 Å². The third kappa shape index (κ3) is 3.67. The predicted octanol–water partition coefficient (Wildman–Crippen LogP) is 2.33. The van der Waals surface area contributed by atoms with E-state index in [1.807, 2.05) is 11.0 Å². The number of piperazine rings is 1. The number of ether oxygens (including phenoxy) is 2. The maximum absolute atomic E-state index is 13.0. The van der Waals surface area contributed by atoms with E-state index in [-0.39, 0.29) is 5.91 Å². The fourth-order valence-electron chi connectivity index (χ4n) is 3.39. The van der Waals surface area contributed by atoms with Gasteiger partial charge in [0, 0.05) is 32.1 Å². The number of rotatable bonds is 5. The first-order valence-electron chi connectivity index (χ1n) is 9.29. The molecule has 1 aromatic carbocycles. The Morgan fingerprint density at radius 1 is 1.00 bits per heavy atom. The SMILES string of the molecule is COc1ccc(OC)c(C(=O)N2CCN(c3ccc(C4CC4)nn3)CC2)c1. The lowest BCUT2D eigenvalue weighted by molar-refractivity contribution is 0.0742. The number of hydrogen-bond acceptors (Lipinski definition) is 6. The second-order valence-electron chi connectivity index (χ2n) is 6.94. The topological polar surface area (TPSA) is 67.8 Å². The highest BCUT2D eigenvalue weighted by molar-refractivity contribution is 5.97. The lowest BCUT2D eigenvalue weighted by atomic mass is 10.1. The van der Waals surface area contributed by atoms with E-state index >= 15 is 0 Å². The van der Waals surface area contributed by atoms with Crippen LogP contribution in [0.1, 0.15) is 34.8 Å². The van der Waals surface area contributed by atoms with Gasteiger partial charge < -0.3 is 19.3 Å². The molecule has 1 aliphatic carbocycles. The molecule has 0 atom stereocenters. The van der Waals surface area contributed by atoms with E-state index in [0.29, 0.717) is 36.1 Å². The Balaban J connectivity index is 1.42. The summed E-state index contributed by atoms with van der Waals surface area (Å²) in [5.41, 5.74) is 1.62. The Kier molecular flexibility index (Phi) is 4.83. The van der Waals surface area contributed by atoms with Crippen molar-refractivity contribution in [1.82, 2.24) is 15.1 Å². The van der Waals surface area contributed by atoms with Crippen LogP contribution in [-0.2, 0) is 0 Å². The number of benzene rings is 1. The molecule has 2 aromatic rings. The molecular weight excluding hydrogens is 344 g/mol. The molecule has 2 fully saturated rings. The van der Waals surface area contributed by atoms with Gasteiger partial charge >= 0.3 is 0 Å². The van der Waals surface area contributed by atoms with E-state index < -0.39 is 0 Å². The molecule has 0 unspecified atom stereocenters. The maximum atomic E-state index is 13.0. The molecule has 0 spiro atoms. The van der Waals surface area contributed by atoms with Crippen LogP contribution in [0.5, 0.6) is 11.5 Å². The van der Waals surface area contributed by atoms with Gasteiger partial charge in [-0.3, -0.25) is 4.79 Å². The van der Waals surface area contributed by atoms with E-state index in [4.69, 9.17) is 9.47 Å². The molecule has 142 valence electrons. The van der Waals surface area contributed by atoms with Crippen LogP contribution in [0.15, 0.2) is 30.3 Å². The molecule has 2 heterocycles. The van der Waals surface area contributed by atoms with Crippen molar-refractivity contribution in [2.45, 2.75) is 18.8 Å². The van der Waals surface area contributed by atoms with Gasteiger partial charge in [0.2, 0.25) is 0 Å². The highest BCUT2D eigenvalue weighted by atomic mass is 16.5. The van der Waals surface area contributed by atoms with E-state index in [9.17, 15) is 4.79 Å². The van der Waals surface area contributed by atoms with Gasteiger partial charge in [0.05, 0.1) is 25.5 Å². The number of carbonyl (C=O) groups excluding carboxylic acids is 1. The van der Waals surface area contributed by atoms with Gasteiger partial charge in [-0.25, -0.2) is 0 Å². The van der Waals surface area contributed by atoms with Gasteiger partial charge in [0.1, 0.15) is 11.5 Å². The van der Waals surface area contributed by atoms with Gasteiger partial charge in [-0.1, -0.05) is 0 Å². The van der Waals surface area contributed by atoms with Crippen LogP contribution < -0.4 is 14.4 Å². The van der Waals surface area contributed by atoms with E-state index in [1.165, 1.54) is 12.8 Å². The summed E-state index contributed by atoms with van der Waals surface area (Å²) in [4.78, 5) is 17.0. The number of carbonyl (C=O) groups is 1. The molecule has 0 bridgehead atoms. The van der Waals surface area contributed by atoms with Crippen molar-refractivity contribution in [3.63, 3.8) is 0 Å². The standard InChI is InChI=1S/C20H24N4O3/c1-26-15-5-7-18(27-2)16(13-15)20(25)24-11-9-23(10-12-24)19-8-6-17(21-22-19)14-3-4-14/h5-8,13-14H,3-4,9-12H2,1-2H3. The summed E-state index contributed by atoms with van der Waals surface area (Å²) >= 11 is 0. The largest absolute Gasteiger partial charge is 0.497 e. The Hall–Kier alpha value is -2.83. The average molecular weight is 368 g/mol. The second kappa shape index (κ2) is 7.42. The summed E-state index contributed by atoms with van der Waals surface area (Å²) < 4.78 is 10.6. The summed E-state index contributed by atoms with van der Waals surface area (Å²) in [6.45, 7) is 2.72. The molecule has 27 heavy (non-hydrogen) atoms. The van der Waals surface area contributed by atoms with Gasteiger partial charge in [-0.2, -0.15) is 5.10 Å². The third-order valence-corrected chi connectivity index (χ3v) is 5.19. The van der Waals surface area contributed by atoms with Crippen LogP contribution in [-0.4, -0.2) is 61.4 Å². The highest BCUT2D eigenvalue weighted by Gasteiger charge is 2.27. The first-order chi connectivity index (χ1) is 13.2. The Bertz CT molecular complexity index is 812. The fourth-order valence-corrected chi connectivity index (χ4v) is 3.39. The van der Waals surface area contributed by atoms with Crippen LogP contribution >= 0.6 is 0 Å². The number of nitrogens with zero attached hydrogens (tertiary/aromatic N) is 4. The quantitative estimate of drug-likeness (QED) is 0.807. The summed E-state index contributed by atoms with van der Waals surface area (Å²) in [5, 5.41) is 8.73. The number of hydrogen-bond donors (Lipinski definition) is 0. The first kappa shape index (κ1) is 17.6. The predicted molar refractivity (Wildman–Crippen MR) is 102 cm³/mol. The molecular formula is C20H24N4O3. The molecule has 0 radical (unpaired) electrons. The smallest absolute Gasteiger partial charge is 0.257 e. The summed E-state index contributed by atoms with van der Waals surface area (Å²) in [7, 11) is 3.16. The number of aromatic nitrogens is 2. The summed E-state index contributed by atoms with van der Waals surface area (Å²) in [5.74, 6) is 2.65. The fraction of sp³-hybridized carbons (Fsp3) is 0.450. The molecule has 0 N–H and O–H groups in total. The van der Waals surface area contributed by atoms with Crippen molar-refractivity contribution >= 4 is 11.7 Å². The second-order valence-corrected chi connectivity index (χ2v) is 6.94. The van der Waals surface area contributed by atoms with Crippen LogP contribution in [0.4, 0.5) is 5.82 Å². The van der Waals surface area contributed by atoms with Gasteiger partial charge in [0.25, 0.3) is 5.91 Å². The Morgan fingerprint density at radius 3 is 2.37 bits per heavy atom. The third-order valence-electron chi connectivity index (χ3n) is 5.19. The lowest BCUT2D eigenvalue weighted by Gasteiger charge is -2.35. The summed E-state index contributed by atoms with van der Waals surface area (Å²) in [6.07, 6.45) is 2.45. The van der Waals surface area contributed by atoms with E-state index in [0.717, 1.165) is 24.6 Å². The molecule has 1 aliphatic heterocycles. The molecule has 2 aliphatic rings. The van der Waals surface area contributed by atoms with Crippen molar-refractivity contribution < 1.29 is 14.3 Å². The molecule has 1 aromatic heterocycles. The zero-order valence-corrected chi connectivity index (χ0v) is 15.7.